The molecule has 1 N–H and O–H groups in total. The molecule has 7 heteroatoms. The number of aromatic nitrogens is 1. The maximum absolute atomic E-state index is 12.8. The highest BCUT2D eigenvalue weighted by Gasteiger charge is 2.21. The van der Waals surface area contributed by atoms with Crippen LogP contribution >= 0.6 is 11.3 Å². The van der Waals surface area contributed by atoms with E-state index in [0.717, 1.165) is 29.8 Å². The van der Waals surface area contributed by atoms with Gasteiger partial charge < -0.3 is 15.0 Å². The molecule has 2 heterocycles. The van der Waals surface area contributed by atoms with Crippen LogP contribution in [0.3, 0.4) is 0 Å². The number of nitrogens with zero attached hydrogens (tertiary/aromatic N) is 2. The molecule has 30 heavy (non-hydrogen) atoms. The number of nitrogens with one attached hydrogen (secondary N) is 1. The number of carbonyl (C=O) groups excluding carboxylic acids is 2. The third kappa shape index (κ3) is 4.86. The van der Waals surface area contributed by atoms with Gasteiger partial charge in [-0.3, -0.25) is 9.59 Å². The first-order valence-corrected chi connectivity index (χ1v) is 10.9. The second-order valence-electron chi connectivity index (χ2n) is 7.13. The normalized spacial score (nSPS) is 13.5. The molecule has 0 saturated carbocycles. The van der Waals surface area contributed by atoms with Crippen molar-refractivity contribution in [3.05, 3.63) is 81.8 Å². The molecule has 1 saturated heterocycles. The van der Waals surface area contributed by atoms with Crippen molar-refractivity contribution in [2.75, 3.05) is 6.54 Å². The molecule has 1 aromatic heterocycles. The van der Waals surface area contributed by atoms with Gasteiger partial charge in [0, 0.05) is 31.4 Å². The Balaban J connectivity index is 1.41. The molecule has 2 aromatic carbocycles. The Hall–Kier alpha value is -3.19. The highest BCUT2D eigenvalue weighted by Crippen LogP contribution is 2.21. The predicted octanol–water partition coefficient (Wildman–Crippen LogP) is 3.77. The van der Waals surface area contributed by atoms with Crippen molar-refractivity contribution in [2.45, 2.75) is 32.5 Å². The average Bonchev–Trinajstić information content (AvgIpc) is 3.44. The molecule has 154 valence electrons. The summed E-state index contributed by atoms with van der Waals surface area (Å²) in [6, 6.07) is 15.1. The first kappa shape index (κ1) is 20.1. The van der Waals surface area contributed by atoms with Crippen LogP contribution in [0, 0.1) is 0 Å². The van der Waals surface area contributed by atoms with Gasteiger partial charge in [-0.05, 0) is 29.7 Å². The fourth-order valence-corrected chi connectivity index (χ4v) is 4.02. The SMILES string of the molecule is O=C(NCc1ccccc1CN1CCCC1=O)c1ccccc1OCc1cscn1. The molecule has 0 unspecified atom stereocenters. The molecule has 1 aliphatic rings. The van der Waals surface area contributed by atoms with E-state index >= 15 is 0 Å². The van der Waals surface area contributed by atoms with E-state index in [1.54, 1.807) is 17.6 Å². The Morgan fingerprint density at radius 1 is 1.13 bits per heavy atom. The Kier molecular flexibility index (Phi) is 6.39. The lowest BCUT2D eigenvalue weighted by molar-refractivity contribution is -0.128. The Bertz CT molecular complexity index is 1020. The van der Waals surface area contributed by atoms with Gasteiger partial charge in [-0.25, -0.2) is 4.98 Å². The summed E-state index contributed by atoms with van der Waals surface area (Å²) in [5, 5.41) is 4.91. The van der Waals surface area contributed by atoms with Crippen LogP contribution in [0.15, 0.2) is 59.4 Å². The summed E-state index contributed by atoms with van der Waals surface area (Å²) in [7, 11) is 0. The van der Waals surface area contributed by atoms with Gasteiger partial charge >= 0.3 is 0 Å². The fourth-order valence-electron chi connectivity index (χ4n) is 3.47. The summed E-state index contributed by atoms with van der Waals surface area (Å²) in [6.45, 7) is 2.08. The summed E-state index contributed by atoms with van der Waals surface area (Å²) >= 11 is 1.51. The van der Waals surface area contributed by atoms with Crippen LogP contribution < -0.4 is 10.1 Å². The number of ether oxygens (including phenoxy) is 1. The third-order valence-electron chi connectivity index (χ3n) is 5.08. The van der Waals surface area contributed by atoms with E-state index < -0.39 is 0 Å². The number of thiazole rings is 1. The number of hydrogen-bond acceptors (Lipinski definition) is 5. The summed E-state index contributed by atoms with van der Waals surface area (Å²) in [5.41, 5.74) is 5.14. The zero-order chi connectivity index (χ0) is 20.8. The van der Waals surface area contributed by atoms with Crippen molar-refractivity contribution in [1.29, 1.82) is 0 Å². The van der Waals surface area contributed by atoms with Crippen molar-refractivity contribution < 1.29 is 14.3 Å². The number of amides is 2. The standard InChI is InChI=1S/C23H23N3O3S/c27-22-10-5-11-26(22)13-18-7-2-1-6-17(18)12-24-23(28)20-8-3-4-9-21(20)29-14-19-15-30-16-25-19/h1-4,6-9,15-16H,5,10-14H2,(H,24,28). The van der Waals surface area contributed by atoms with Crippen LogP contribution in [0.25, 0.3) is 0 Å². The number of rotatable bonds is 8. The molecule has 0 bridgehead atoms. The largest absolute Gasteiger partial charge is 0.486 e. The summed E-state index contributed by atoms with van der Waals surface area (Å²) in [4.78, 5) is 30.9. The number of hydrogen-bond donors (Lipinski definition) is 1. The fraction of sp³-hybridized carbons (Fsp3) is 0.261. The predicted molar refractivity (Wildman–Crippen MR) is 115 cm³/mol. The first-order valence-electron chi connectivity index (χ1n) is 9.92. The van der Waals surface area contributed by atoms with Crippen LogP contribution in [-0.2, 0) is 24.5 Å². The summed E-state index contributed by atoms with van der Waals surface area (Å²) in [6.07, 6.45) is 1.53. The third-order valence-corrected chi connectivity index (χ3v) is 5.72. The van der Waals surface area contributed by atoms with Crippen molar-refractivity contribution >= 4 is 23.2 Å². The van der Waals surface area contributed by atoms with Gasteiger partial charge in [0.25, 0.3) is 5.91 Å². The zero-order valence-electron chi connectivity index (χ0n) is 16.5. The minimum Gasteiger partial charge on any atom is -0.486 e. The molecule has 0 radical (unpaired) electrons. The molecular formula is C23H23N3O3S. The molecule has 0 atom stereocenters. The molecule has 3 aromatic rings. The summed E-state index contributed by atoms with van der Waals surface area (Å²) in [5.74, 6) is 0.523. The van der Waals surface area contributed by atoms with Crippen molar-refractivity contribution in [1.82, 2.24) is 15.2 Å². The minimum absolute atomic E-state index is 0.194. The molecule has 4 rings (SSSR count). The van der Waals surface area contributed by atoms with Crippen molar-refractivity contribution in [3.8, 4) is 5.75 Å². The van der Waals surface area contributed by atoms with Crippen LogP contribution in [0.5, 0.6) is 5.75 Å². The van der Waals surface area contributed by atoms with E-state index in [4.69, 9.17) is 4.74 Å². The lowest BCUT2D eigenvalue weighted by atomic mass is 10.1. The lowest BCUT2D eigenvalue weighted by Gasteiger charge is -2.18. The van der Waals surface area contributed by atoms with Crippen LogP contribution in [0.4, 0.5) is 0 Å². The van der Waals surface area contributed by atoms with Gasteiger partial charge in [0.15, 0.2) is 0 Å². The van der Waals surface area contributed by atoms with Gasteiger partial charge in [0.2, 0.25) is 5.91 Å². The van der Waals surface area contributed by atoms with E-state index in [1.165, 1.54) is 11.3 Å². The molecule has 1 aliphatic heterocycles. The molecule has 0 aliphatic carbocycles. The highest BCUT2D eigenvalue weighted by molar-refractivity contribution is 7.07. The molecular weight excluding hydrogens is 398 g/mol. The van der Waals surface area contributed by atoms with Crippen LogP contribution in [-0.4, -0.2) is 28.2 Å². The van der Waals surface area contributed by atoms with Crippen LogP contribution in [0.2, 0.25) is 0 Å². The van der Waals surface area contributed by atoms with Gasteiger partial charge in [0.05, 0.1) is 16.8 Å². The minimum atomic E-state index is -0.198. The molecule has 0 spiro atoms. The van der Waals surface area contributed by atoms with Gasteiger partial charge in [-0.2, -0.15) is 0 Å². The quantitative estimate of drug-likeness (QED) is 0.601. The first-order chi connectivity index (χ1) is 14.7. The van der Waals surface area contributed by atoms with E-state index in [2.05, 4.69) is 10.3 Å². The maximum Gasteiger partial charge on any atom is 0.255 e. The van der Waals surface area contributed by atoms with Gasteiger partial charge in [-0.15, -0.1) is 11.3 Å². The second kappa shape index (κ2) is 9.54. The number of likely N-dealkylation sites (tertiary alicyclic amines) is 1. The van der Waals surface area contributed by atoms with E-state index in [0.29, 0.717) is 37.4 Å². The van der Waals surface area contributed by atoms with Crippen LogP contribution in [0.1, 0.15) is 40.0 Å². The van der Waals surface area contributed by atoms with E-state index in [-0.39, 0.29) is 11.8 Å². The highest BCUT2D eigenvalue weighted by atomic mass is 32.1. The smallest absolute Gasteiger partial charge is 0.255 e. The lowest BCUT2D eigenvalue weighted by Crippen LogP contribution is -2.27. The summed E-state index contributed by atoms with van der Waals surface area (Å²) < 4.78 is 5.82. The zero-order valence-corrected chi connectivity index (χ0v) is 17.4. The second-order valence-corrected chi connectivity index (χ2v) is 7.85. The van der Waals surface area contributed by atoms with E-state index in [1.807, 2.05) is 46.7 Å². The van der Waals surface area contributed by atoms with Crippen molar-refractivity contribution in [3.63, 3.8) is 0 Å². The Morgan fingerprint density at radius 3 is 2.70 bits per heavy atom. The average molecular weight is 422 g/mol. The maximum atomic E-state index is 12.8. The Labute approximate surface area is 179 Å². The molecule has 6 nitrogen and oxygen atoms in total. The number of para-hydroxylation sites is 1. The Morgan fingerprint density at radius 2 is 1.93 bits per heavy atom. The molecule has 2 amide bonds. The monoisotopic (exact) mass is 421 g/mol. The van der Waals surface area contributed by atoms with Gasteiger partial charge in [-0.1, -0.05) is 36.4 Å². The van der Waals surface area contributed by atoms with Crippen molar-refractivity contribution in [2.24, 2.45) is 0 Å². The van der Waals surface area contributed by atoms with E-state index in [9.17, 15) is 9.59 Å². The number of benzene rings is 2. The topological polar surface area (TPSA) is 71.5 Å². The molecule has 1 fully saturated rings. The van der Waals surface area contributed by atoms with Gasteiger partial charge in [0.1, 0.15) is 12.4 Å². The number of carbonyl (C=O) groups is 2.